The first-order valence-corrected chi connectivity index (χ1v) is 7.95. The van der Waals surface area contributed by atoms with E-state index in [2.05, 4.69) is 4.72 Å². The zero-order chi connectivity index (χ0) is 12.0. The molecule has 1 rings (SSSR count). The Morgan fingerprint density at radius 1 is 1.31 bits per heavy atom. The smallest absolute Gasteiger partial charge is 0.211 e. The maximum Gasteiger partial charge on any atom is 0.211 e. The number of rotatable bonds is 7. The van der Waals surface area contributed by atoms with Crippen LogP contribution in [0.3, 0.4) is 0 Å². The second-order valence-electron chi connectivity index (χ2n) is 4.32. The van der Waals surface area contributed by atoms with E-state index in [0.717, 1.165) is 19.3 Å². The van der Waals surface area contributed by atoms with E-state index in [-0.39, 0.29) is 17.8 Å². The van der Waals surface area contributed by atoms with Crippen molar-refractivity contribution in [2.45, 2.75) is 38.2 Å². The summed E-state index contributed by atoms with van der Waals surface area (Å²) in [6, 6.07) is 0. The highest BCUT2D eigenvalue weighted by molar-refractivity contribution is 7.89. The van der Waals surface area contributed by atoms with Crippen molar-refractivity contribution in [1.82, 2.24) is 4.72 Å². The van der Waals surface area contributed by atoms with Crippen molar-refractivity contribution in [3.8, 4) is 0 Å². The van der Waals surface area contributed by atoms with Crippen LogP contribution in [-0.4, -0.2) is 37.8 Å². The minimum atomic E-state index is -3.18. The lowest BCUT2D eigenvalue weighted by Crippen LogP contribution is -2.33. The molecule has 1 saturated carbocycles. The van der Waals surface area contributed by atoms with Gasteiger partial charge in [0.1, 0.15) is 0 Å². The van der Waals surface area contributed by atoms with E-state index in [1.807, 2.05) is 0 Å². The molecule has 6 heteroatoms. The number of hydrogen-bond donors (Lipinski definition) is 2. The van der Waals surface area contributed by atoms with Crippen LogP contribution in [0.5, 0.6) is 0 Å². The number of nitrogens with one attached hydrogen (secondary N) is 1. The average Bonchev–Trinajstić information content (AvgIpc) is 2.62. The van der Waals surface area contributed by atoms with Crippen LogP contribution in [0.4, 0.5) is 0 Å². The summed E-state index contributed by atoms with van der Waals surface area (Å²) in [7, 11) is -3.18. The fourth-order valence-electron chi connectivity index (χ4n) is 1.95. The van der Waals surface area contributed by atoms with Gasteiger partial charge in [-0.05, 0) is 31.6 Å². The Morgan fingerprint density at radius 3 is 2.62 bits per heavy atom. The zero-order valence-corrected chi connectivity index (χ0v) is 10.9. The number of sulfonamides is 1. The molecular weight excluding hydrogens is 250 g/mol. The Balaban J connectivity index is 2.24. The lowest BCUT2D eigenvalue weighted by Gasteiger charge is -2.15. The number of aliphatic hydroxyl groups is 1. The van der Waals surface area contributed by atoms with Crippen molar-refractivity contribution in [2.24, 2.45) is 5.92 Å². The Kier molecular flexibility index (Phi) is 6.03. The van der Waals surface area contributed by atoms with E-state index >= 15 is 0 Å². The van der Waals surface area contributed by atoms with Crippen LogP contribution < -0.4 is 4.72 Å². The van der Waals surface area contributed by atoms with E-state index in [9.17, 15) is 13.5 Å². The maximum absolute atomic E-state index is 11.5. The molecule has 2 atom stereocenters. The molecular formula is C10H20ClNO3S. The molecule has 0 bridgehead atoms. The molecule has 0 heterocycles. The summed E-state index contributed by atoms with van der Waals surface area (Å²) in [5.41, 5.74) is 0. The summed E-state index contributed by atoms with van der Waals surface area (Å²) in [5.74, 6) is 0.710. The van der Waals surface area contributed by atoms with E-state index in [1.165, 1.54) is 0 Å². The molecule has 96 valence electrons. The highest BCUT2D eigenvalue weighted by Gasteiger charge is 2.26. The minimum Gasteiger partial charge on any atom is -0.393 e. The van der Waals surface area contributed by atoms with Gasteiger partial charge in [-0.1, -0.05) is 6.42 Å². The van der Waals surface area contributed by atoms with Crippen LogP contribution in [0.25, 0.3) is 0 Å². The van der Waals surface area contributed by atoms with Crippen molar-refractivity contribution in [1.29, 1.82) is 0 Å². The van der Waals surface area contributed by atoms with Gasteiger partial charge < -0.3 is 5.11 Å². The van der Waals surface area contributed by atoms with E-state index < -0.39 is 10.0 Å². The zero-order valence-electron chi connectivity index (χ0n) is 9.36. The summed E-state index contributed by atoms with van der Waals surface area (Å²) < 4.78 is 25.6. The topological polar surface area (TPSA) is 66.4 Å². The molecule has 2 unspecified atom stereocenters. The van der Waals surface area contributed by atoms with Gasteiger partial charge >= 0.3 is 0 Å². The molecule has 1 aliphatic carbocycles. The molecule has 0 aromatic carbocycles. The number of halogens is 1. The summed E-state index contributed by atoms with van der Waals surface area (Å²) in [4.78, 5) is 0. The Morgan fingerprint density at radius 2 is 2.06 bits per heavy atom. The van der Waals surface area contributed by atoms with E-state index in [1.54, 1.807) is 0 Å². The summed E-state index contributed by atoms with van der Waals surface area (Å²) in [6.45, 7) is 0.365. The summed E-state index contributed by atoms with van der Waals surface area (Å²) >= 11 is 5.48. The third-order valence-corrected chi connectivity index (χ3v) is 4.68. The SMILES string of the molecule is O=S(=O)(CCCCCl)NCC1CCCC1O. The van der Waals surface area contributed by atoms with Crippen LogP contribution in [0.1, 0.15) is 32.1 Å². The molecule has 0 aromatic heterocycles. The molecule has 1 aliphatic rings. The monoisotopic (exact) mass is 269 g/mol. The third-order valence-electron chi connectivity index (χ3n) is 2.98. The first-order chi connectivity index (χ1) is 7.55. The van der Waals surface area contributed by atoms with Crippen molar-refractivity contribution < 1.29 is 13.5 Å². The highest BCUT2D eigenvalue weighted by Crippen LogP contribution is 2.24. The van der Waals surface area contributed by atoms with E-state index in [0.29, 0.717) is 25.3 Å². The Hall–Kier alpha value is 0.160. The number of aliphatic hydroxyl groups excluding tert-OH is 1. The first-order valence-electron chi connectivity index (χ1n) is 5.76. The van der Waals surface area contributed by atoms with Gasteiger partial charge in [0.2, 0.25) is 10.0 Å². The van der Waals surface area contributed by atoms with Gasteiger partial charge in [-0.25, -0.2) is 13.1 Å². The van der Waals surface area contributed by atoms with Crippen LogP contribution in [0.2, 0.25) is 0 Å². The van der Waals surface area contributed by atoms with Crippen molar-refractivity contribution in [3.63, 3.8) is 0 Å². The largest absolute Gasteiger partial charge is 0.393 e. The highest BCUT2D eigenvalue weighted by atomic mass is 35.5. The quantitative estimate of drug-likeness (QED) is 0.537. The standard InChI is InChI=1S/C10H20ClNO3S/c11-6-1-2-7-16(14,15)12-8-9-4-3-5-10(9)13/h9-10,12-13H,1-8H2. The molecule has 2 N–H and O–H groups in total. The molecule has 1 fully saturated rings. The molecule has 0 amide bonds. The van der Waals surface area contributed by atoms with E-state index in [4.69, 9.17) is 11.6 Å². The van der Waals surface area contributed by atoms with Gasteiger partial charge in [0, 0.05) is 12.4 Å². The summed E-state index contributed by atoms with van der Waals surface area (Å²) in [5, 5.41) is 9.55. The predicted molar refractivity (Wildman–Crippen MR) is 65.1 cm³/mol. The van der Waals surface area contributed by atoms with Gasteiger partial charge in [0.05, 0.1) is 11.9 Å². The third kappa shape index (κ3) is 4.99. The molecule has 0 aliphatic heterocycles. The van der Waals surface area contributed by atoms with Crippen molar-refractivity contribution in [2.75, 3.05) is 18.2 Å². The number of alkyl halides is 1. The number of hydrogen-bond acceptors (Lipinski definition) is 3. The first kappa shape index (κ1) is 14.2. The number of unbranched alkanes of at least 4 members (excludes halogenated alkanes) is 1. The Labute approximate surface area is 102 Å². The minimum absolute atomic E-state index is 0.0859. The fourth-order valence-corrected chi connectivity index (χ4v) is 3.33. The fraction of sp³-hybridized carbons (Fsp3) is 1.00. The maximum atomic E-state index is 11.5. The van der Waals surface area contributed by atoms with Crippen LogP contribution in [0, 0.1) is 5.92 Å². The predicted octanol–water partition coefficient (Wildman–Crippen LogP) is 1.09. The normalized spacial score (nSPS) is 26.1. The molecule has 0 aromatic rings. The van der Waals surface area contributed by atoms with Gasteiger partial charge in [-0.3, -0.25) is 0 Å². The summed E-state index contributed by atoms with van der Waals surface area (Å²) in [6.07, 6.45) is 3.65. The van der Waals surface area contributed by atoms with Crippen LogP contribution >= 0.6 is 11.6 Å². The van der Waals surface area contributed by atoms with Crippen molar-refractivity contribution >= 4 is 21.6 Å². The second kappa shape index (κ2) is 6.79. The molecule has 4 nitrogen and oxygen atoms in total. The Bertz CT molecular complexity index is 294. The van der Waals surface area contributed by atoms with Gasteiger partial charge in [-0.15, -0.1) is 11.6 Å². The van der Waals surface area contributed by atoms with Crippen LogP contribution in [-0.2, 0) is 10.0 Å². The second-order valence-corrected chi connectivity index (χ2v) is 6.63. The molecule has 16 heavy (non-hydrogen) atoms. The molecule has 0 radical (unpaired) electrons. The van der Waals surface area contributed by atoms with Crippen LogP contribution in [0.15, 0.2) is 0 Å². The van der Waals surface area contributed by atoms with Crippen molar-refractivity contribution in [3.05, 3.63) is 0 Å². The molecule has 0 saturated heterocycles. The van der Waals surface area contributed by atoms with Gasteiger partial charge in [0.15, 0.2) is 0 Å². The average molecular weight is 270 g/mol. The lowest BCUT2D eigenvalue weighted by atomic mass is 10.1. The molecule has 0 spiro atoms. The lowest BCUT2D eigenvalue weighted by molar-refractivity contribution is 0.134. The van der Waals surface area contributed by atoms with Gasteiger partial charge in [-0.2, -0.15) is 0 Å². The van der Waals surface area contributed by atoms with Gasteiger partial charge in [0.25, 0.3) is 0 Å².